The van der Waals surface area contributed by atoms with E-state index in [0.29, 0.717) is 19.4 Å². The van der Waals surface area contributed by atoms with Gasteiger partial charge >= 0.3 is 59.7 Å². The fourth-order valence-corrected chi connectivity index (χ4v) is 3.21. The standard InChI is InChI=1S/C9H11NO2.C6H14N2O2.C5H9NO2.2C4H9NO3.C3H7NO3.C3H7NO2S.C3H7NO2.2C2H5NO2/c10-8(9(11)12)6-7-4-2-1-3-5-7;7-4-2-1-3-5(8)6(9)10;7-5(8)4-2-1-3-6-4;2*1-2(6)3(5)4(7)8;4-2(1-5)3(6)7;4-2(1-7)3(5)6;1-2(4)3(5)6;2*3-1-2(4)5/h1-5,8H,6,10H2,(H,11,12);5H,1-4,7-8H2,(H,9,10);4,6H,1-3H2,(H,7,8);2*2-3,6H,5H2,1H3,(H,7,8);2,5H,1,4H2,(H,6,7);2,7H,1,4H2,(H,5,6);2H,4H2,1H3,(H,5,6);2*1,3H2,(H,4,5)/t;;4-;;;;;;;/m..0......./s1. The Balaban J connectivity index is -0.000000114. The van der Waals surface area contributed by atoms with E-state index in [2.05, 4.69) is 29.4 Å². The second-order valence-corrected chi connectivity index (χ2v) is 15.0. The molecule has 1 heterocycles. The fraction of sp³-hybridized carbons (Fsp3) is 0.610. The van der Waals surface area contributed by atoms with Crippen molar-refractivity contribution in [2.24, 2.45) is 57.3 Å². The highest BCUT2D eigenvalue weighted by Crippen LogP contribution is 2.04. The first-order valence-corrected chi connectivity index (χ1v) is 22.5. The summed E-state index contributed by atoms with van der Waals surface area (Å²) < 4.78 is 0. The molecule has 1 fully saturated rings. The van der Waals surface area contributed by atoms with Gasteiger partial charge in [-0.15, -0.1) is 0 Å². The van der Waals surface area contributed by atoms with Crippen LogP contribution < -0.4 is 62.7 Å². The number of nitrogens with two attached hydrogens (primary N) is 10. The number of rotatable bonds is 20. The number of hydrogen-bond acceptors (Lipinski definition) is 25. The average Bonchev–Trinajstić information content (AvgIpc) is 3.91. The van der Waals surface area contributed by atoms with Crippen molar-refractivity contribution in [1.29, 1.82) is 0 Å². The maximum Gasteiger partial charge on any atom is 0.323 e. The van der Waals surface area contributed by atoms with Gasteiger partial charge in [0.15, 0.2) is 0 Å². The zero-order valence-corrected chi connectivity index (χ0v) is 43.2. The van der Waals surface area contributed by atoms with Gasteiger partial charge in [0.05, 0.1) is 31.9 Å². The molecule has 76 heavy (non-hydrogen) atoms. The number of nitrogens with one attached hydrogen (secondary N) is 1. The van der Waals surface area contributed by atoms with Crippen molar-refractivity contribution in [1.82, 2.24) is 5.32 Å². The van der Waals surface area contributed by atoms with Gasteiger partial charge in [0.25, 0.3) is 0 Å². The number of carbonyl (C=O) groups is 10. The van der Waals surface area contributed by atoms with Crippen molar-refractivity contribution < 1.29 is 114 Å². The normalized spacial score (nSPS) is 14.8. The highest BCUT2D eigenvalue weighted by Gasteiger charge is 2.20. The predicted octanol–water partition coefficient (Wildman–Crippen LogP) is -7.25. The molecule has 0 bridgehead atoms. The molecule has 0 saturated carbocycles. The number of unbranched alkanes of at least 4 members (excludes halogenated alkanes) is 1. The molecule has 0 aromatic heterocycles. The Morgan fingerprint density at radius 1 is 0.566 bits per heavy atom. The number of carboxylic acids is 10. The molecule has 1 aromatic carbocycles. The average molecular weight is 1130 g/mol. The molecule has 10 atom stereocenters. The van der Waals surface area contributed by atoms with Crippen LogP contribution in [-0.2, 0) is 54.4 Å². The van der Waals surface area contributed by atoms with Crippen molar-refractivity contribution in [3.8, 4) is 0 Å². The van der Waals surface area contributed by atoms with Gasteiger partial charge in [-0.1, -0.05) is 36.8 Å². The van der Waals surface area contributed by atoms with E-state index in [1.165, 1.54) is 20.8 Å². The molecule has 35 heteroatoms. The second-order valence-electron chi connectivity index (χ2n) is 14.6. The maximum absolute atomic E-state index is 10.4. The maximum atomic E-state index is 10.4. The van der Waals surface area contributed by atoms with Crippen LogP contribution in [0.15, 0.2) is 30.3 Å². The van der Waals surface area contributed by atoms with E-state index >= 15 is 0 Å². The summed E-state index contributed by atoms with van der Waals surface area (Å²) in [5, 5.41) is 108. The Morgan fingerprint density at radius 3 is 1.08 bits per heavy atom. The topological polar surface area (TPSA) is 706 Å². The third-order valence-corrected chi connectivity index (χ3v) is 8.03. The van der Waals surface area contributed by atoms with Crippen molar-refractivity contribution in [3.05, 3.63) is 35.9 Å². The minimum Gasteiger partial charge on any atom is -0.480 e. The first kappa shape index (κ1) is 86.4. The summed E-state index contributed by atoms with van der Waals surface area (Å²) >= 11 is 3.65. The highest BCUT2D eigenvalue weighted by atomic mass is 32.1. The molecule has 1 aliphatic heterocycles. The molecule has 34 nitrogen and oxygen atoms in total. The van der Waals surface area contributed by atoms with Crippen LogP contribution in [-0.4, -0.2) is 225 Å². The predicted molar refractivity (Wildman–Crippen MR) is 274 cm³/mol. The monoisotopic (exact) mass is 1130 g/mol. The third kappa shape index (κ3) is 69.8. The van der Waals surface area contributed by atoms with Crippen LogP contribution in [0.4, 0.5) is 0 Å². The van der Waals surface area contributed by atoms with Gasteiger partial charge in [-0.3, -0.25) is 47.9 Å². The van der Waals surface area contributed by atoms with Crippen molar-refractivity contribution in [2.45, 2.75) is 120 Å². The van der Waals surface area contributed by atoms with Crippen LogP contribution in [0.1, 0.15) is 58.4 Å². The lowest BCUT2D eigenvalue weighted by atomic mass is 10.1. The van der Waals surface area contributed by atoms with Crippen molar-refractivity contribution in [3.63, 3.8) is 0 Å². The molecule has 2 rings (SSSR count). The van der Waals surface area contributed by atoms with E-state index < -0.39 is 121 Å². The summed E-state index contributed by atoms with van der Waals surface area (Å²) in [4.78, 5) is 97.8. The molecule has 0 amide bonds. The molecule has 1 aliphatic rings. The minimum absolute atomic E-state index is 0.190. The van der Waals surface area contributed by atoms with Crippen LogP contribution in [0.25, 0.3) is 0 Å². The van der Waals surface area contributed by atoms with Gasteiger partial charge in [0, 0.05) is 5.75 Å². The van der Waals surface area contributed by atoms with Crippen LogP contribution in [0.5, 0.6) is 0 Å². The lowest BCUT2D eigenvalue weighted by molar-refractivity contribution is -0.141. The van der Waals surface area contributed by atoms with Crippen LogP contribution in [0.2, 0.25) is 0 Å². The summed E-state index contributed by atoms with van der Waals surface area (Å²) in [6.45, 7) is 4.48. The van der Waals surface area contributed by atoms with Crippen molar-refractivity contribution in [2.75, 3.05) is 38.5 Å². The Kier molecular flexibility index (Phi) is 64.2. The summed E-state index contributed by atoms with van der Waals surface area (Å²) in [5.41, 5.74) is 50.2. The summed E-state index contributed by atoms with van der Waals surface area (Å²) in [6.07, 6.45) is 2.37. The lowest BCUT2D eigenvalue weighted by Gasteiger charge is -2.07. The van der Waals surface area contributed by atoms with Crippen LogP contribution in [0.3, 0.4) is 0 Å². The van der Waals surface area contributed by atoms with Gasteiger partial charge in [-0.05, 0) is 71.5 Å². The zero-order chi connectivity index (χ0) is 61.9. The molecular formula is C41H83N11O23S. The summed E-state index contributed by atoms with van der Waals surface area (Å²) in [6, 6.07) is 2.57. The van der Waals surface area contributed by atoms with E-state index in [-0.39, 0.29) is 24.9 Å². The summed E-state index contributed by atoms with van der Waals surface area (Å²) in [7, 11) is 0. The molecule has 446 valence electrons. The Morgan fingerprint density at radius 2 is 0.921 bits per heavy atom. The SMILES string of the molecule is CC(N)C(=O)O.CC(O)C(N)C(=O)O.CC(O)C(N)C(=O)O.NC(CO)C(=O)O.NC(CS)C(=O)O.NC(Cc1ccccc1)C(=O)O.NCC(=O)O.NCC(=O)O.NCCCCC(N)C(=O)O.O=C(O)[C@@H]1CCCN1. The molecule has 9 unspecified atom stereocenters. The number of aliphatic hydroxyl groups is 3. The molecule has 0 aliphatic carbocycles. The number of thiol groups is 1. The van der Waals surface area contributed by atoms with E-state index in [1.54, 1.807) is 0 Å². The molecule has 0 radical (unpaired) electrons. The first-order valence-electron chi connectivity index (χ1n) is 21.8. The van der Waals surface area contributed by atoms with E-state index in [9.17, 15) is 47.9 Å². The van der Waals surface area contributed by atoms with Crippen LogP contribution >= 0.6 is 12.6 Å². The van der Waals surface area contributed by atoms with Crippen molar-refractivity contribution >= 4 is 72.3 Å². The number of benzene rings is 1. The number of aliphatic carboxylic acids is 10. The summed E-state index contributed by atoms with van der Waals surface area (Å²) in [5.74, 6) is -9.86. The number of aliphatic hydroxyl groups excluding tert-OH is 3. The smallest absolute Gasteiger partial charge is 0.323 e. The molecule has 1 saturated heterocycles. The van der Waals surface area contributed by atoms with E-state index in [4.69, 9.17) is 112 Å². The molecular weight excluding hydrogens is 1050 g/mol. The second kappa shape index (κ2) is 56.4. The Hall–Kier alpha value is -6.29. The van der Waals surface area contributed by atoms with Gasteiger partial charge < -0.3 is 129 Å². The first-order chi connectivity index (χ1) is 34.8. The molecule has 1 aromatic rings. The van der Waals surface area contributed by atoms with Crippen LogP contribution in [0, 0.1) is 0 Å². The van der Waals surface area contributed by atoms with E-state index in [1.807, 2.05) is 30.3 Å². The highest BCUT2D eigenvalue weighted by molar-refractivity contribution is 7.80. The van der Waals surface area contributed by atoms with Gasteiger partial charge in [-0.2, -0.15) is 12.6 Å². The lowest BCUT2D eigenvalue weighted by Crippen LogP contribution is -2.39. The molecule has 34 N–H and O–H groups in total. The third-order valence-electron chi connectivity index (χ3n) is 7.64. The Bertz CT molecular complexity index is 1640. The number of carboxylic acid groups (broad SMARTS) is 10. The number of hydrogen-bond donors (Lipinski definition) is 25. The molecule has 0 spiro atoms. The van der Waals surface area contributed by atoms with Gasteiger partial charge in [0.1, 0.15) is 48.3 Å². The largest absolute Gasteiger partial charge is 0.480 e. The van der Waals surface area contributed by atoms with E-state index in [0.717, 1.165) is 37.8 Å². The fourth-order valence-electron chi connectivity index (χ4n) is 3.05. The Labute approximate surface area is 442 Å². The minimum atomic E-state index is -1.18. The van der Waals surface area contributed by atoms with Gasteiger partial charge in [-0.25, -0.2) is 0 Å². The quantitative estimate of drug-likeness (QED) is 0.0426. The van der Waals surface area contributed by atoms with Gasteiger partial charge in [0.2, 0.25) is 0 Å². The zero-order valence-electron chi connectivity index (χ0n) is 42.3.